The summed E-state index contributed by atoms with van der Waals surface area (Å²) in [6.07, 6.45) is 1.33. The molecule has 0 heterocycles. The van der Waals surface area contributed by atoms with E-state index in [9.17, 15) is 0 Å². The Balaban J connectivity index is 4.63. The molecule has 0 rings (SSSR count). The first-order valence-corrected chi connectivity index (χ1v) is 6.67. The molecule has 0 aromatic rings. The minimum absolute atomic E-state index is 0.140. The Morgan fingerprint density at radius 2 is 1.12 bits per heavy atom. The zero-order valence-electron chi connectivity index (χ0n) is 12.1. The van der Waals surface area contributed by atoms with Gasteiger partial charge in [0.2, 0.25) is 0 Å². The van der Waals surface area contributed by atoms with Gasteiger partial charge < -0.3 is 15.6 Å². The molecule has 2 N–H and O–H groups in total. The standard InChI is InChI=1S/C14H28N2O/c1-7-11(13(15)9(3)4)17-12(8-2)14(16)10(5)6/h9-12,15-16H,7-8H2,1-6H3. The lowest BCUT2D eigenvalue weighted by molar-refractivity contribution is 0.0543. The van der Waals surface area contributed by atoms with E-state index in [1.54, 1.807) is 0 Å². The van der Waals surface area contributed by atoms with Crippen LogP contribution in [0.3, 0.4) is 0 Å². The van der Waals surface area contributed by atoms with E-state index in [0.29, 0.717) is 11.4 Å². The van der Waals surface area contributed by atoms with E-state index in [1.807, 2.05) is 41.5 Å². The Kier molecular flexibility index (Phi) is 7.28. The molecule has 0 aliphatic carbocycles. The van der Waals surface area contributed by atoms with Crippen molar-refractivity contribution in [2.45, 2.75) is 66.6 Å². The van der Waals surface area contributed by atoms with Gasteiger partial charge in [0.05, 0.1) is 12.2 Å². The highest BCUT2D eigenvalue weighted by atomic mass is 16.5. The van der Waals surface area contributed by atoms with Crippen LogP contribution < -0.4 is 0 Å². The van der Waals surface area contributed by atoms with Crippen LogP contribution in [0.2, 0.25) is 0 Å². The fraction of sp³-hybridized carbons (Fsp3) is 0.857. The van der Waals surface area contributed by atoms with Crippen molar-refractivity contribution in [3.05, 3.63) is 0 Å². The quantitative estimate of drug-likeness (QED) is 0.621. The Bertz CT molecular complexity index is 233. The Morgan fingerprint density at radius 1 is 0.824 bits per heavy atom. The number of rotatable bonds is 8. The summed E-state index contributed by atoms with van der Waals surface area (Å²) in [5.41, 5.74) is 1.28. The van der Waals surface area contributed by atoms with E-state index >= 15 is 0 Å². The van der Waals surface area contributed by atoms with Gasteiger partial charge in [-0.15, -0.1) is 0 Å². The molecular weight excluding hydrogens is 212 g/mol. The van der Waals surface area contributed by atoms with Gasteiger partial charge in [-0.3, -0.25) is 0 Å². The van der Waals surface area contributed by atoms with Gasteiger partial charge in [0, 0.05) is 11.4 Å². The van der Waals surface area contributed by atoms with Crippen LogP contribution in [0.4, 0.5) is 0 Å². The molecule has 0 saturated heterocycles. The van der Waals surface area contributed by atoms with Crippen LogP contribution >= 0.6 is 0 Å². The minimum Gasteiger partial charge on any atom is -0.363 e. The molecule has 2 unspecified atom stereocenters. The van der Waals surface area contributed by atoms with Gasteiger partial charge in [-0.05, 0) is 24.7 Å². The molecule has 3 nitrogen and oxygen atoms in total. The third kappa shape index (κ3) is 4.99. The van der Waals surface area contributed by atoms with E-state index in [1.165, 1.54) is 0 Å². The predicted octanol–water partition coefficient (Wildman–Crippen LogP) is 3.91. The maximum Gasteiger partial charge on any atom is 0.0957 e. The smallest absolute Gasteiger partial charge is 0.0957 e. The van der Waals surface area contributed by atoms with Gasteiger partial charge in [0.1, 0.15) is 0 Å². The van der Waals surface area contributed by atoms with Crippen molar-refractivity contribution >= 4 is 11.4 Å². The van der Waals surface area contributed by atoms with Crippen LogP contribution in [0.25, 0.3) is 0 Å². The van der Waals surface area contributed by atoms with Gasteiger partial charge in [0.25, 0.3) is 0 Å². The molecule has 0 spiro atoms. The molecule has 0 aliphatic rings. The highest BCUT2D eigenvalue weighted by Crippen LogP contribution is 2.15. The molecule has 0 aromatic heterocycles. The first kappa shape index (κ1) is 16.3. The third-order valence-electron chi connectivity index (χ3n) is 3.01. The second-order valence-electron chi connectivity index (χ2n) is 5.15. The first-order chi connectivity index (χ1) is 7.84. The summed E-state index contributed by atoms with van der Waals surface area (Å²) >= 11 is 0. The fourth-order valence-corrected chi connectivity index (χ4v) is 1.72. The minimum atomic E-state index is -0.140. The van der Waals surface area contributed by atoms with Crippen LogP contribution in [0.5, 0.6) is 0 Å². The number of ether oxygens (including phenoxy) is 1. The summed E-state index contributed by atoms with van der Waals surface area (Å²) in [7, 11) is 0. The number of nitrogens with one attached hydrogen (secondary N) is 2. The summed E-state index contributed by atoms with van der Waals surface area (Å²) in [4.78, 5) is 0. The van der Waals surface area contributed by atoms with Crippen LogP contribution in [0, 0.1) is 22.7 Å². The van der Waals surface area contributed by atoms with E-state index in [4.69, 9.17) is 15.6 Å². The fourth-order valence-electron chi connectivity index (χ4n) is 1.72. The molecule has 0 saturated carbocycles. The molecule has 2 atom stereocenters. The molecule has 0 aromatic carbocycles. The van der Waals surface area contributed by atoms with Crippen LogP contribution in [0.1, 0.15) is 54.4 Å². The Labute approximate surface area is 106 Å². The zero-order chi connectivity index (χ0) is 13.6. The van der Waals surface area contributed by atoms with Gasteiger partial charge >= 0.3 is 0 Å². The number of hydrogen-bond acceptors (Lipinski definition) is 3. The van der Waals surface area contributed by atoms with Gasteiger partial charge in [-0.2, -0.15) is 0 Å². The van der Waals surface area contributed by atoms with E-state index in [0.717, 1.165) is 12.8 Å². The van der Waals surface area contributed by atoms with Crippen molar-refractivity contribution in [2.24, 2.45) is 11.8 Å². The third-order valence-corrected chi connectivity index (χ3v) is 3.01. The second-order valence-corrected chi connectivity index (χ2v) is 5.15. The lowest BCUT2D eigenvalue weighted by atomic mass is 9.98. The SMILES string of the molecule is CCC(OC(CC)C(=N)C(C)C)C(=N)C(C)C. The lowest BCUT2D eigenvalue weighted by Gasteiger charge is -2.27. The molecule has 0 aliphatic heterocycles. The van der Waals surface area contributed by atoms with E-state index < -0.39 is 0 Å². The molecule has 17 heavy (non-hydrogen) atoms. The van der Waals surface area contributed by atoms with Crippen molar-refractivity contribution in [1.29, 1.82) is 10.8 Å². The Morgan fingerprint density at radius 3 is 1.29 bits per heavy atom. The molecule has 0 bridgehead atoms. The van der Waals surface area contributed by atoms with Crippen molar-refractivity contribution in [1.82, 2.24) is 0 Å². The lowest BCUT2D eigenvalue weighted by Crippen LogP contribution is -2.36. The van der Waals surface area contributed by atoms with Gasteiger partial charge in [0.15, 0.2) is 0 Å². The Hall–Kier alpha value is -0.700. The van der Waals surface area contributed by atoms with E-state index in [-0.39, 0.29) is 24.0 Å². The van der Waals surface area contributed by atoms with Crippen molar-refractivity contribution < 1.29 is 4.74 Å². The summed E-state index contributed by atoms with van der Waals surface area (Å²) in [6, 6.07) is 0. The maximum atomic E-state index is 8.02. The zero-order valence-corrected chi connectivity index (χ0v) is 12.1. The van der Waals surface area contributed by atoms with Crippen LogP contribution in [-0.2, 0) is 4.74 Å². The average Bonchev–Trinajstić information content (AvgIpc) is 2.28. The van der Waals surface area contributed by atoms with Gasteiger partial charge in [-0.1, -0.05) is 41.5 Å². The molecule has 0 amide bonds. The largest absolute Gasteiger partial charge is 0.363 e. The first-order valence-electron chi connectivity index (χ1n) is 6.67. The molecular formula is C14H28N2O. The topological polar surface area (TPSA) is 56.9 Å². The van der Waals surface area contributed by atoms with Crippen LogP contribution in [-0.4, -0.2) is 23.6 Å². The summed E-state index contributed by atoms with van der Waals surface area (Å²) < 4.78 is 5.95. The van der Waals surface area contributed by atoms with Crippen molar-refractivity contribution in [3.8, 4) is 0 Å². The summed E-state index contributed by atoms with van der Waals surface area (Å²) in [6.45, 7) is 12.1. The monoisotopic (exact) mass is 240 g/mol. The van der Waals surface area contributed by atoms with Crippen molar-refractivity contribution in [3.63, 3.8) is 0 Å². The normalized spacial score (nSPS) is 15.1. The maximum absolute atomic E-state index is 8.02. The predicted molar refractivity (Wildman–Crippen MR) is 74.4 cm³/mol. The van der Waals surface area contributed by atoms with Crippen LogP contribution in [0.15, 0.2) is 0 Å². The highest BCUT2D eigenvalue weighted by Gasteiger charge is 2.23. The van der Waals surface area contributed by atoms with Crippen molar-refractivity contribution in [2.75, 3.05) is 0 Å². The molecule has 3 heteroatoms. The van der Waals surface area contributed by atoms with Gasteiger partial charge in [-0.25, -0.2) is 0 Å². The highest BCUT2D eigenvalue weighted by molar-refractivity contribution is 5.90. The van der Waals surface area contributed by atoms with E-state index in [2.05, 4.69) is 0 Å². The molecule has 0 radical (unpaired) electrons. The average molecular weight is 240 g/mol. The molecule has 100 valence electrons. The second kappa shape index (κ2) is 7.59. The summed E-state index contributed by atoms with van der Waals surface area (Å²) in [5, 5.41) is 16.0. The summed E-state index contributed by atoms with van der Waals surface area (Å²) in [5.74, 6) is 0.427. The number of hydrogen-bond donors (Lipinski definition) is 2. The molecule has 0 fully saturated rings.